The molecule has 1 aliphatic heterocycles. The molecule has 1 aliphatic rings. The van der Waals surface area contributed by atoms with E-state index in [1.807, 2.05) is 0 Å². The molecule has 6 heteroatoms. The van der Waals surface area contributed by atoms with Crippen LogP contribution >= 0.6 is 24.8 Å². The van der Waals surface area contributed by atoms with Crippen LogP contribution in [0.1, 0.15) is 12.5 Å². The van der Waals surface area contributed by atoms with E-state index in [-0.39, 0.29) is 24.8 Å². The van der Waals surface area contributed by atoms with E-state index in [0.717, 1.165) is 13.1 Å². The van der Waals surface area contributed by atoms with Gasteiger partial charge in [0.15, 0.2) is 0 Å². The monoisotopic (exact) mass is 210 g/mol. The minimum Gasteiger partial charge on any atom is -0.316 e. The number of hydrogen-bond donors (Lipinski definition) is 1. The van der Waals surface area contributed by atoms with Crippen molar-refractivity contribution < 1.29 is 0 Å². The van der Waals surface area contributed by atoms with Crippen molar-refractivity contribution in [2.75, 3.05) is 13.1 Å². The van der Waals surface area contributed by atoms with E-state index in [2.05, 4.69) is 20.1 Å². The second-order valence-electron chi connectivity index (χ2n) is 2.56. The maximum atomic E-state index is 3.75. The van der Waals surface area contributed by atoms with Gasteiger partial charge in [0.05, 0.1) is 0 Å². The summed E-state index contributed by atoms with van der Waals surface area (Å²) in [5.41, 5.74) is 0. The average molecular weight is 211 g/mol. The molecule has 1 unspecified atom stereocenters. The molecule has 0 radical (unpaired) electrons. The zero-order chi connectivity index (χ0) is 6.81. The second kappa shape index (κ2) is 5.35. The van der Waals surface area contributed by atoms with Gasteiger partial charge in [-0.2, -0.15) is 0 Å². The van der Waals surface area contributed by atoms with E-state index in [4.69, 9.17) is 0 Å². The second-order valence-corrected chi connectivity index (χ2v) is 2.56. The smallest absolute Gasteiger partial charge is 0.119 e. The quantitative estimate of drug-likeness (QED) is 0.741. The van der Waals surface area contributed by atoms with Gasteiger partial charge in [-0.05, 0) is 13.0 Å². The van der Waals surface area contributed by atoms with Crippen molar-refractivity contribution in [3.05, 3.63) is 12.7 Å². The summed E-state index contributed by atoms with van der Waals surface area (Å²) in [6, 6.07) is 0.579. The maximum Gasteiger partial charge on any atom is 0.119 e. The molecule has 1 aromatic heterocycles. The van der Waals surface area contributed by atoms with Crippen LogP contribution in [0.15, 0.2) is 12.7 Å². The van der Waals surface area contributed by atoms with Gasteiger partial charge in [-0.15, -0.1) is 35.0 Å². The van der Waals surface area contributed by atoms with Crippen LogP contribution < -0.4 is 5.32 Å². The third kappa shape index (κ3) is 2.33. The number of nitrogens with one attached hydrogen (secondary N) is 1. The molecule has 1 fully saturated rings. The Morgan fingerprint density at radius 3 is 2.42 bits per heavy atom. The molecule has 1 saturated heterocycles. The van der Waals surface area contributed by atoms with Gasteiger partial charge in [0.1, 0.15) is 12.7 Å². The van der Waals surface area contributed by atoms with Crippen molar-refractivity contribution in [2.24, 2.45) is 0 Å². The Balaban J connectivity index is 0.000000605. The maximum absolute atomic E-state index is 3.75. The Labute approximate surface area is 83.6 Å². The van der Waals surface area contributed by atoms with E-state index >= 15 is 0 Å². The molecular weight excluding hydrogens is 199 g/mol. The summed E-state index contributed by atoms with van der Waals surface area (Å²) < 4.78 is 2.06. The summed E-state index contributed by atoms with van der Waals surface area (Å²) in [6.07, 6.45) is 4.74. The van der Waals surface area contributed by atoms with Crippen molar-refractivity contribution in [1.29, 1.82) is 0 Å². The van der Waals surface area contributed by atoms with Gasteiger partial charge in [0, 0.05) is 12.6 Å². The molecule has 1 N–H and O–H groups in total. The highest BCUT2D eigenvalue weighted by molar-refractivity contribution is 5.85. The van der Waals surface area contributed by atoms with Gasteiger partial charge in [0.2, 0.25) is 0 Å². The fraction of sp³-hybridized carbons (Fsp3) is 0.667. The van der Waals surface area contributed by atoms with Crippen molar-refractivity contribution in [1.82, 2.24) is 20.1 Å². The molecule has 0 aromatic carbocycles. The largest absolute Gasteiger partial charge is 0.316 e. The van der Waals surface area contributed by atoms with E-state index in [1.54, 1.807) is 12.7 Å². The fourth-order valence-electron chi connectivity index (χ4n) is 1.29. The first-order valence-corrected chi connectivity index (χ1v) is 3.51. The highest BCUT2D eigenvalue weighted by atomic mass is 35.5. The van der Waals surface area contributed by atoms with E-state index in [0.29, 0.717) is 6.04 Å². The standard InChI is InChI=1S/C6H10N4.2ClH/c1-2-7-3-6(1)10-4-8-9-5-10;;/h4-7H,1-3H2;2*1H. The van der Waals surface area contributed by atoms with Gasteiger partial charge < -0.3 is 9.88 Å². The molecule has 4 nitrogen and oxygen atoms in total. The van der Waals surface area contributed by atoms with Crippen molar-refractivity contribution in [3.63, 3.8) is 0 Å². The van der Waals surface area contributed by atoms with Crippen LogP contribution in [-0.2, 0) is 0 Å². The summed E-state index contributed by atoms with van der Waals surface area (Å²) in [4.78, 5) is 0. The number of aromatic nitrogens is 3. The zero-order valence-electron chi connectivity index (χ0n) is 6.51. The molecule has 2 heterocycles. The highest BCUT2D eigenvalue weighted by Crippen LogP contribution is 2.12. The Morgan fingerprint density at radius 1 is 1.25 bits per heavy atom. The molecule has 0 amide bonds. The number of rotatable bonds is 1. The van der Waals surface area contributed by atoms with Crippen LogP contribution in [0.3, 0.4) is 0 Å². The van der Waals surface area contributed by atoms with Crippen LogP contribution in [0, 0.1) is 0 Å². The highest BCUT2D eigenvalue weighted by Gasteiger charge is 2.14. The molecule has 0 aliphatic carbocycles. The summed E-state index contributed by atoms with van der Waals surface area (Å²) in [6.45, 7) is 2.17. The summed E-state index contributed by atoms with van der Waals surface area (Å²) in [5, 5.41) is 10.8. The Hall–Kier alpha value is -0.320. The van der Waals surface area contributed by atoms with Crippen molar-refractivity contribution in [3.8, 4) is 0 Å². The van der Waals surface area contributed by atoms with Gasteiger partial charge >= 0.3 is 0 Å². The SMILES string of the molecule is Cl.Cl.c1nncn1C1CCNC1. The molecule has 2 rings (SSSR count). The molecule has 1 aromatic rings. The van der Waals surface area contributed by atoms with E-state index in [9.17, 15) is 0 Å². The van der Waals surface area contributed by atoms with Gasteiger partial charge in [0.25, 0.3) is 0 Å². The molecule has 0 saturated carbocycles. The Bertz CT molecular complexity index is 195. The van der Waals surface area contributed by atoms with Gasteiger partial charge in [-0.25, -0.2) is 0 Å². The summed E-state index contributed by atoms with van der Waals surface area (Å²) in [5.74, 6) is 0. The molecule has 0 spiro atoms. The first-order valence-electron chi connectivity index (χ1n) is 3.51. The normalized spacial score (nSPS) is 21.2. The lowest BCUT2D eigenvalue weighted by molar-refractivity contribution is 0.545. The molecule has 70 valence electrons. The lowest BCUT2D eigenvalue weighted by atomic mass is 10.3. The van der Waals surface area contributed by atoms with E-state index in [1.165, 1.54) is 6.42 Å². The third-order valence-corrected chi connectivity index (χ3v) is 1.89. The zero-order valence-corrected chi connectivity index (χ0v) is 8.14. The number of nitrogens with zero attached hydrogens (tertiary/aromatic N) is 3. The average Bonchev–Trinajstić information content (AvgIpc) is 2.59. The molecule has 0 bridgehead atoms. The van der Waals surface area contributed by atoms with Crippen LogP contribution in [0.25, 0.3) is 0 Å². The fourth-order valence-corrected chi connectivity index (χ4v) is 1.29. The van der Waals surface area contributed by atoms with E-state index < -0.39 is 0 Å². The summed E-state index contributed by atoms with van der Waals surface area (Å²) >= 11 is 0. The minimum absolute atomic E-state index is 0. The van der Waals surface area contributed by atoms with Crippen LogP contribution in [0.2, 0.25) is 0 Å². The lowest BCUT2D eigenvalue weighted by Crippen LogP contribution is -2.11. The van der Waals surface area contributed by atoms with Crippen LogP contribution in [0.5, 0.6) is 0 Å². The minimum atomic E-state index is 0. The van der Waals surface area contributed by atoms with Crippen molar-refractivity contribution >= 4 is 24.8 Å². The number of halogens is 2. The predicted molar refractivity (Wildman–Crippen MR) is 51.0 cm³/mol. The third-order valence-electron chi connectivity index (χ3n) is 1.89. The molecule has 1 atom stereocenters. The molecule has 12 heavy (non-hydrogen) atoms. The van der Waals surface area contributed by atoms with Crippen LogP contribution in [-0.4, -0.2) is 27.9 Å². The lowest BCUT2D eigenvalue weighted by Gasteiger charge is -2.06. The summed E-state index contributed by atoms with van der Waals surface area (Å²) in [7, 11) is 0. The Kier molecular flexibility index (Phi) is 5.20. The topological polar surface area (TPSA) is 42.7 Å². The molecular formula is C6H12Cl2N4. The van der Waals surface area contributed by atoms with Gasteiger partial charge in [-0.1, -0.05) is 0 Å². The van der Waals surface area contributed by atoms with Crippen LogP contribution in [0.4, 0.5) is 0 Å². The van der Waals surface area contributed by atoms with Gasteiger partial charge in [-0.3, -0.25) is 0 Å². The first-order chi connectivity index (χ1) is 4.97. The number of hydrogen-bond acceptors (Lipinski definition) is 3. The predicted octanol–water partition coefficient (Wildman–Crippen LogP) is 0.656. The first kappa shape index (κ1) is 11.7. The Morgan fingerprint density at radius 2 is 1.92 bits per heavy atom. The van der Waals surface area contributed by atoms with Crippen molar-refractivity contribution in [2.45, 2.75) is 12.5 Å².